The van der Waals surface area contributed by atoms with Crippen LogP contribution in [0.4, 0.5) is 0 Å². The average Bonchev–Trinajstić information content (AvgIpc) is 3.23. The number of allylic oxidation sites excluding steroid dienone is 2. The Morgan fingerprint density at radius 3 is 2.23 bits per heavy atom. The van der Waals surface area contributed by atoms with Gasteiger partial charge in [-0.15, -0.1) is 0 Å². The lowest BCUT2D eigenvalue weighted by molar-refractivity contribution is -0.118. The van der Waals surface area contributed by atoms with E-state index in [1.807, 2.05) is 20.8 Å². The topological polar surface area (TPSA) is 40.6 Å². The zero-order valence-corrected chi connectivity index (χ0v) is 17.0. The molecule has 2 rings (SSSR count). The van der Waals surface area contributed by atoms with E-state index in [9.17, 15) is 9.59 Å². The van der Waals surface area contributed by atoms with Crippen LogP contribution in [0.5, 0.6) is 0 Å². The maximum Gasteiger partial charge on any atom is 0.158 e. The zero-order valence-electron chi connectivity index (χ0n) is 17.0. The van der Waals surface area contributed by atoms with Gasteiger partial charge in [-0.3, -0.25) is 19.4 Å². The monoisotopic (exact) mass is 360 g/mol. The van der Waals surface area contributed by atoms with E-state index in [-0.39, 0.29) is 23.4 Å². The van der Waals surface area contributed by atoms with E-state index in [0.29, 0.717) is 12.1 Å². The summed E-state index contributed by atoms with van der Waals surface area (Å²) in [7, 11) is 2.13. The molecule has 3 atom stereocenters. The number of carbonyl (C=O) groups is 2. The summed E-state index contributed by atoms with van der Waals surface area (Å²) in [6.07, 6.45) is 13.3. The molecule has 0 saturated carbocycles. The van der Waals surface area contributed by atoms with Gasteiger partial charge >= 0.3 is 0 Å². The second-order valence-corrected chi connectivity index (χ2v) is 8.30. The molecule has 0 N–H and O–H groups in total. The van der Waals surface area contributed by atoms with Crippen molar-refractivity contribution in [2.24, 2.45) is 11.8 Å². The van der Waals surface area contributed by atoms with Gasteiger partial charge in [-0.25, -0.2) is 0 Å². The lowest BCUT2D eigenvalue weighted by Crippen LogP contribution is -2.31. The van der Waals surface area contributed by atoms with Crippen LogP contribution in [0.15, 0.2) is 24.3 Å². The van der Waals surface area contributed by atoms with Gasteiger partial charge in [0.25, 0.3) is 0 Å². The first-order chi connectivity index (χ1) is 12.4. The summed E-state index contributed by atoms with van der Waals surface area (Å²) < 4.78 is 0. The molecule has 146 valence electrons. The molecule has 0 aromatic rings. The van der Waals surface area contributed by atoms with Gasteiger partial charge in [-0.1, -0.05) is 32.9 Å². The summed E-state index contributed by atoms with van der Waals surface area (Å²) in [5.41, 5.74) is 0. The molecule has 0 aromatic heterocycles. The fourth-order valence-corrected chi connectivity index (χ4v) is 3.80. The van der Waals surface area contributed by atoms with Crippen LogP contribution in [-0.2, 0) is 9.59 Å². The smallest absolute Gasteiger partial charge is 0.158 e. The molecule has 0 spiro atoms. The molecule has 2 saturated heterocycles. The van der Waals surface area contributed by atoms with E-state index in [1.54, 1.807) is 12.2 Å². The molecule has 26 heavy (non-hydrogen) atoms. The number of ketones is 2. The number of hydrogen-bond acceptors (Lipinski definition) is 4. The first-order valence-electron chi connectivity index (χ1n) is 10.3. The van der Waals surface area contributed by atoms with E-state index < -0.39 is 0 Å². The number of hydrogen-bond donors (Lipinski definition) is 0. The van der Waals surface area contributed by atoms with Crippen LogP contribution < -0.4 is 0 Å². The van der Waals surface area contributed by atoms with Gasteiger partial charge in [0.05, 0.1) is 0 Å². The molecule has 2 heterocycles. The molecule has 0 bridgehead atoms. The van der Waals surface area contributed by atoms with Crippen molar-refractivity contribution in [2.75, 3.05) is 26.7 Å². The Balaban J connectivity index is 1.78. The van der Waals surface area contributed by atoms with Gasteiger partial charge in [0.15, 0.2) is 11.6 Å². The van der Waals surface area contributed by atoms with Crippen LogP contribution in [0.1, 0.15) is 52.9 Å². The number of nitrogens with zero attached hydrogens (tertiary/aromatic N) is 2. The molecule has 1 unspecified atom stereocenters. The minimum absolute atomic E-state index is 0.0560. The van der Waals surface area contributed by atoms with Crippen molar-refractivity contribution in [2.45, 2.75) is 65.0 Å². The number of rotatable bonds is 9. The fourth-order valence-electron chi connectivity index (χ4n) is 3.80. The molecule has 4 heteroatoms. The summed E-state index contributed by atoms with van der Waals surface area (Å²) in [6, 6.07) is 0.778. The molecule has 0 aromatic carbocycles. The van der Waals surface area contributed by atoms with Gasteiger partial charge in [0.1, 0.15) is 0 Å². The van der Waals surface area contributed by atoms with E-state index in [4.69, 9.17) is 0 Å². The van der Waals surface area contributed by atoms with E-state index in [1.165, 1.54) is 12.8 Å². The Morgan fingerprint density at radius 1 is 0.962 bits per heavy atom. The molecular formula is C22H36N2O2. The first kappa shape index (κ1) is 21.0. The highest BCUT2D eigenvalue weighted by Gasteiger charge is 2.24. The molecule has 2 aliphatic heterocycles. The highest BCUT2D eigenvalue weighted by molar-refractivity contribution is 5.91. The standard InChI is InChI=1S/C22H36N2O2/c1-17(2)21(25)11-10-20-8-6-15-24(20)16-13-18(3)22(26)12-9-19-7-5-14-23(19)4/h9-12,17-20H,5-8,13-16H2,1-4H3/b11-10+,12-9+/t18?,19-,20+/m0/s1. The third-order valence-corrected chi connectivity index (χ3v) is 5.86. The quantitative estimate of drug-likeness (QED) is 0.590. The summed E-state index contributed by atoms with van der Waals surface area (Å²) in [5.74, 6) is 0.555. The van der Waals surface area contributed by atoms with Crippen molar-refractivity contribution in [3.05, 3.63) is 24.3 Å². The van der Waals surface area contributed by atoms with Crippen LogP contribution in [0, 0.1) is 11.8 Å². The van der Waals surface area contributed by atoms with Crippen molar-refractivity contribution in [3.8, 4) is 0 Å². The van der Waals surface area contributed by atoms with Gasteiger partial charge in [-0.2, -0.15) is 0 Å². The van der Waals surface area contributed by atoms with Crippen LogP contribution >= 0.6 is 0 Å². The van der Waals surface area contributed by atoms with E-state index in [2.05, 4.69) is 29.0 Å². The second-order valence-electron chi connectivity index (χ2n) is 8.30. The third-order valence-electron chi connectivity index (χ3n) is 5.86. The largest absolute Gasteiger partial charge is 0.300 e. The summed E-state index contributed by atoms with van der Waals surface area (Å²) in [5, 5.41) is 0. The zero-order chi connectivity index (χ0) is 19.1. The summed E-state index contributed by atoms with van der Waals surface area (Å²) in [4.78, 5) is 28.9. The van der Waals surface area contributed by atoms with Crippen molar-refractivity contribution < 1.29 is 9.59 Å². The molecule has 2 aliphatic rings. The molecule has 0 aliphatic carbocycles. The maximum atomic E-state index is 12.4. The predicted molar refractivity (Wildman–Crippen MR) is 107 cm³/mol. The molecule has 2 fully saturated rings. The van der Waals surface area contributed by atoms with Crippen molar-refractivity contribution >= 4 is 11.6 Å². The SMILES string of the molecule is CC(C)C(=O)/C=C/[C@H]1CCCN1CCC(C)C(=O)/C=C/[C@@H]1CCCN1C. The lowest BCUT2D eigenvalue weighted by atomic mass is 10.0. The minimum atomic E-state index is 0.0560. The molecule has 0 radical (unpaired) electrons. The summed E-state index contributed by atoms with van der Waals surface area (Å²) in [6.45, 7) is 9.02. The Hall–Kier alpha value is -1.26. The van der Waals surface area contributed by atoms with Gasteiger partial charge in [0.2, 0.25) is 0 Å². The maximum absolute atomic E-state index is 12.4. The van der Waals surface area contributed by atoms with Gasteiger partial charge < -0.3 is 0 Å². The Morgan fingerprint density at radius 2 is 1.58 bits per heavy atom. The van der Waals surface area contributed by atoms with Crippen molar-refractivity contribution in [3.63, 3.8) is 0 Å². The Kier molecular flexibility index (Phi) is 8.23. The van der Waals surface area contributed by atoms with Crippen LogP contribution in [-0.4, -0.2) is 60.1 Å². The average molecular weight is 361 g/mol. The Labute approximate surface area is 159 Å². The van der Waals surface area contributed by atoms with Crippen LogP contribution in [0.25, 0.3) is 0 Å². The first-order valence-corrected chi connectivity index (χ1v) is 10.3. The van der Waals surface area contributed by atoms with Crippen molar-refractivity contribution in [1.82, 2.24) is 9.80 Å². The van der Waals surface area contributed by atoms with Crippen LogP contribution in [0.3, 0.4) is 0 Å². The van der Waals surface area contributed by atoms with Gasteiger partial charge in [-0.05, 0) is 70.9 Å². The molecule has 4 nitrogen and oxygen atoms in total. The van der Waals surface area contributed by atoms with Crippen LogP contribution in [0.2, 0.25) is 0 Å². The van der Waals surface area contributed by atoms with Gasteiger partial charge in [0, 0.05) is 23.9 Å². The highest BCUT2D eigenvalue weighted by Crippen LogP contribution is 2.21. The third kappa shape index (κ3) is 6.17. The highest BCUT2D eigenvalue weighted by atomic mass is 16.1. The fraction of sp³-hybridized carbons (Fsp3) is 0.727. The number of carbonyl (C=O) groups excluding carboxylic acids is 2. The normalized spacial score (nSPS) is 26.5. The minimum Gasteiger partial charge on any atom is -0.300 e. The molecule has 0 amide bonds. The number of likely N-dealkylation sites (N-methyl/N-ethyl adjacent to an activating group) is 1. The number of likely N-dealkylation sites (tertiary alicyclic amines) is 2. The lowest BCUT2D eigenvalue weighted by Gasteiger charge is -2.23. The van der Waals surface area contributed by atoms with E-state index >= 15 is 0 Å². The molecular weight excluding hydrogens is 324 g/mol. The predicted octanol–water partition coefficient (Wildman–Crippen LogP) is 3.48. The van der Waals surface area contributed by atoms with E-state index in [0.717, 1.165) is 38.9 Å². The Bertz CT molecular complexity index is 538. The summed E-state index contributed by atoms with van der Waals surface area (Å²) >= 11 is 0. The van der Waals surface area contributed by atoms with Crippen molar-refractivity contribution in [1.29, 1.82) is 0 Å². The second kappa shape index (κ2) is 10.2.